The molecule has 0 aliphatic carbocycles. The molecule has 5 heteroatoms. The summed E-state index contributed by atoms with van der Waals surface area (Å²) in [6, 6.07) is 5.53. The van der Waals surface area contributed by atoms with Crippen LogP contribution in [0.1, 0.15) is 18.0 Å². The number of hydrogen-bond donors (Lipinski definition) is 1. The summed E-state index contributed by atoms with van der Waals surface area (Å²) in [6.07, 6.45) is 0.923. The molecular formula is C13H14N2O3. The predicted molar refractivity (Wildman–Crippen MR) is 67.1 cm³/mol. The van der Waals surface area contributed by atoms with E-state index in [1.54, 1.807) is 7.11 Å². The summed E-state index contributed by atoms with van der Waals surface area (Å²) in [5.74, 6) is 0.992. The van der Waals surface area contributed by atoms with Crippen molar-refractivity contribution in [3.05, 3.63) is 34.4 Å². The van der Waals surface area contributed by atoms with Crippen LogP contribution in [0.3, 0.4) is 0 Å². The lowest BCUT2D eigenvalue weighted by atomic mass is 10.00. The quantitative estimate of drug-likeness (QED) is 0.870. The second-order valence-corrected chi connectivity index (χ2v) is 4.40. The second-order valence-electron chi connectivity index (χ2n) is 4.40. The highest BCUT2D eigenvalue weighted by atomic mass is 16.5. The Bertz CT molecular complexity index is 630. The highest BCUT2D eigenvalue weighted by Gasteiger charge is 2.21. The molecule has 2 aromatic rings. The number of hydrogen-bond acceptors (Lipinski definition) is 4. The van der Waals surface area contributed by atoms with Crippen LogP contribution in [0.2, 0.25) is 0 Å². The average Bonchev–Trinajstić information content (AvgIpc) is 2.91. The van der Waals surface area contributed by atoms with E-state index in [1.807, 2.05) is 18.2 Å². The third-order valence-corrected chi connectivity index (χ3v) is 3.30. The Morgan fingerprint density at radius 1 is 1.50 bits per heavy atom. The lowest BCUT2D eigenvalue weighted by Gasteiger charge is -2.11. The van der Waals surface area contributed by atoms with Crippen molar-refractivity contribution >= 4 is 10.9 Å². The molecule has 0 spiro atoms. The van der Waals surface area contributed by atoms with Gasteiger partial charge in [-0.2, -0.15) is 4.98 Å². The third-order valence-electron chi connectivity index (χ3n) is 3.30. The molecule has 1 atom stereocenters. The molecule has 1 aromatic heterocycles. The summed E-state index contributed by atoms with van der Waals surface area (Å²) < 4.78 is 10.6. The van der Waals surface area contributed by atoms with E-state index in [0.717, 1.165) is 29.9 Å². The highest BCUT2D eigenvalue weighted by molar-refractivity contribution is 5.82. The number of aromatic nitrogens is 2. The SMILES string of the molecule is COc1ccc2nc(=O)[nH]c(C3CCOC3)c2c1. The summed E-state index contributed by atoms with van der Waals surface area (Å²) in [6.45, 7) is 1.38. The number of rotatable bonds is 2. The molecule has 0 amide bonds. The molecule has 0 radical (unpaired) electrons. The number of ether oxygens (including phenoxy) is 2. The first-order chi connectivity index (χ1) is 8.78. The molecule has 3 rings (SSSR count). The van der Waals surface area contributed by atoms with Gasteiger partial charge in [-0.3, -0.25) is 0 Å². The van der Waals surface area contributed by atoms with E-state index in [9.17, 15) is 4.79 Å². The van der Waals surface area contributed by atoms with E-state index in [0.29, 0.717) is 12.1 Å². The van der Waals surface area contributed by atoms with Gasteiger partial charge in [0.15, 0.2) is 0 Å². The van der Waals surface area contributed by atoms with E-state index in [-0.39, 0.29) is 11.6 Å². The van der Waals surface area contributed by atoms with Crippen molar-refractivity contribution < 1.29 is 9.47 Å². The van der Waals surface area contributed by atoms with Crippen LogP contribution in [0.25, 0.3) is 10.9 Å². The minimum atomic E-state index is -0.311. The molecule has 94 valence electrons. The largest absolute Gasteiger partial charge is 0.497 e. The lowest BCUT2D eigenvalue weighted by molar-refractivity contribution is 0.193. The van der Waals surface area contributed by atoms with Gasteiger partial charge in [0.1, 0.15) is 5.75 Å². The fraction of sp³-hybridized carbons (Fsp3) is 0.385. The van der Waals surface area contributed by atoms with E-state index in [4.69, 9.17) is 9.47 Å². The Kier molecular flexibility index (Phi) is 2.76. The molecular weight excluding hydrogens is 232 g/mol. The van der Waals surface area contributed by atoms with Crippen LogP contribution in [0.4, 0.5) is 0 Å². The molecule has 5 nitrogen and oxygen atoms in total. The van der Waals surface area contributed by atoms with E-state index < -0.39 is 0 Å². The first-order valence-electron chi connectivity index (χ1n) is 5.93. The number of aromatic amines is 1. The standard InChI is InChI=1S/C13H14N2O3/c1-17-9-2-3-11-10(6-9)12(15-13(16)14-11)8-4-5-18-7-8/h2-3,6,8H,4-5,7H2,1H3,(H,14,15,16). The molecule has 1 N–H and O–H groups in total. The van der Waals surface area contributed by atoms with E-state index >= 15 is 0 Å². The Morgan fingerprint density at radius 3 is 3.11 bits per heavy atom. The summed E-state index contributed by atoms with van der Waals surface area (Å²) in [5.41, 5.74) is 1.29. The Hall–Kier alpha value is -1.88. The minimum Gasteiger partial charge on any atom is -0.497 e. The molecule has 1 aromatic carbocycles. The highest BCUT2D eigenvalue weighted by Crippen LogP contribution is 2.29. The Morgan fingerprint density at radius 2 is 2.39 bits per heavy atom. The van der Waals surface area contributed by atoms with Crippen LogP contribution >= 0.6 is 0 Å². The summed E-state index contributed by atoms with van der Waals surface area (Å²) in [4.78, 5) is 18.4. The average molecular weight is 246 g/mol. The van der Waals surface area contributed by atoms with Crippen molar-refractivity contribution in [2.75, 3.05) is 20.3 Å². The van der Waals surface area contributed by atoms with Crippen molar-refractivity contribution in [1.29, 1.82) is 0 Å². The number of benzene rings is 1. The number of nitrogens with zero attached hydrogens (tertiary/aromatic N) is 1. The molecule has 1 unspecified atom stereocenters. The van der Waals surface area contributed by atoms with Crippen LogP contribution in [0.15, 0.2) is 23.0 Å². The number of fused-ring (bicyclic) bond motifs is 1. The van der Waals surface area contributed by atoms with Gasteiger partial charge in [-0.1, -0.05) is 0 Å². The fourth-order valence-corrected chi connectivity index (χ4v) is 2.36. The first kappa shape index (κ1) is 11.2. The zero-order valence-electron chi connectivity index (χ0n) is 10.1. The zero-order chi connectivity index (χ0) is 12.5. The Labute approximate surface area is 104 Å². The molecule has 2 heterocycles. The van der Waals surface area contributed by atoms with E-state index in [1.165, 1.54) is 0 Å². The Balaban J connectivity index is 2.23. The lowest BCUT2D eigenvalue weighted by Crippen LogP contribution is -2.16. The first-order valence-corrected chi connectivity index (χ1v) is 5.93. The van der Waals surface area contributed by atoms with Gasteiger partial charge < -0.3 is 14.5 Å². The number of H-pyrrole nitrogens is 1. The normalized spacial score (nSPS) is 19.3. The van der Waals surface area contributed by atoms with Crippen molar-refractivity contribution in [2.24, 2.45) is 0 Å². The summed E-state index contributed by atoms with van der Waals surface area (Å²) >= 11 is 0. The van der Waals surface area contributed by atoms with Crippen molar-refractivity contribution in [3.63, 3.8) is 0 Å². The summed E-state index contributed by atoms with van der Waals surface area (Å²) in [5, 5.41) is 0.935. The smallest absolute Gasteiger partial charge is 0.345 e. The predicted octanol–water partition coefficient (Wildman–Crippen LogP) is 1.44. The van der Waals surface area contributed by atoms with Crippen molar-refractivity contribution in [2.45, 2.75) is 12.3 Å². The van der Waals surface area contributed by atoms with Crippen LogP contribution in [-0.2, 0) is 4.74 Å². The minimum absolute atomic E-state index is 0.232. The monoisotopic (exact) mass is 246 g/mol. The fourth-order valence-electron chi connectivity index (χ4n) is 2.36. The molecule has 0 bridgehead atoms. The van der Waals surface area contributed by atoms with Gasteiger partial charge in [0.2, 0.25) is 0 Å². The van der Waals surface area contributed by atoms with Crippen molar-refractivity contribution in [1.82, 2.24) is 9.97 Å². The summed E-state index contributed by atoms with van der Waals surface area (Å²) in [7, 11) is 1.62. The second kappa shape index (κ2) is 4.42. The zero-order valence-corrected chi connectivity index (χ0v) is 10.1. The van der Waals surface area contributed by atoms with Crippen LogP contribution < -0.4 is 10.4 Å². The number of methoxy groups -OCH3 is 1. The maximum absolute atomic E-state index is 11.6. The maximum atomic E-state index is 11.6. The van der Waals surface area contributed by atoms with Gasteiger partial charge in [0, 0.05) is 23.6 Å². The van der Waals surface area contributed by atoms with Crippen LogP contribution in [-0.4, -0.2) is 30.3 Å². The number of nitrogens with one attached hydrogen (secondary N) is 1. The maximum Gasteiger partial charge on any atom is 0.345 e. The topological polar surface area (TPSA) is 64.2 Å². The third kappa shape index (κ3) is 1.86. The molecule has 1 saturated heterocycles. The van der Waals surface area contributed by atoms with Crippen LogP contribution in [0.5, 0.6) is 5.75 Å². The van der Waals surface area contributed by atoms with Crippen molar-refractivity contribution in [3.8, 4) is 5.75 Å². The van der Waals surface area contributed by atoms with Gasteiger partial charge >= 0.3 is 5.69 Å². The molecule has 1 fully saturated rings. The van der Waals surface area contributed by atoms with Crippen LogP contribution in [0, 0.1) is 0 Å². The molecule has 1 aliphatic rings. The van der Waals surface area contributed by atoms with Gasteiger partial charge in [-0.05, 0) is 24.6 Å². The molecule has 0 saturated carbocycles. The van der Waals surface area contributed by atoms with E-state index in [2.05, 4.69) is 9.97 Å². The molecule has 18 heavy (non-hydrogen) atoms. The van der Waals surface area contributed by atoms with Gasteiger partial charge in [0.25, 0.3) is 0 Å². The molecule has 1 aliphatic heterocycles. The van der Waals surface area contributed by atoms with Gasteiger partial charge in [0.05, 0.1) is 19.2 Å². The van der Waals surface area contributed by atoms with Gasteiger partial charge in [-0.25, -0.2) is 4.79 Å². The van der Waals surface area contributed by atoms with Gasteiger partial charge in [-0.15, -0.1) is 0 Å².